The Morgan fingerprint density at radius 2 is 2.25 bits per heavy atom. The van der Waals surface area contributed by atoms with Gasteiger partial charge in [-0.05, 0) is 25.1 Å². The van der Waals surface area contributed by atoms with Gasteiger partial charge < -0.3 is 14.6 Å². The first-order chi connectivity index (χ1) is 7.54. The van der Waals surface area contributed by atoms with E-state index in [4.69, 9.17) is 14.6 Å². The Morgan fingerprint density at radius 3 is 2.81 bits per heavy atom. The van der Waals surface area contributed by atoms with Gasteiger partial charge in [0.1, 0.15) is 17.4 Å². The smallest absolute Gasteiger partial charge is 0.339 e. The van der Waals surface area contributed by atoms with Crippen molar-refractivity contribution < 1.29 is 19.4 Å². The van der Waals surface area contributed by atoms with Crippen LogP contribution in [0.4, 0.5) is 0 Å². The van der Waals surface area contributed by atoms with Gasteiger partial charge in [-0.1, -0.05) is 15.9 Å². The van der Waals surface area contributed by atoms with Crippen LogP contribution >= 0.6 is 15.9 Å². The molecule has 0 aromatic heterocycles. The fourth-order valence-corrected chi connectivity index (χ4v) is 1.60. The highest BCUT2D eigenvalue weighted by Gasteiger charge is 2.14. The molecule has 0 heterocycles. The molecule has 16 heavy (non-hydrogen) atoms. The zero-order chi connectivity index (χ0) is 12.1. The largest absolute Gasteiger partial charge is 0.487 e. The number of carboxylic acids is 1. The van der Waals surface area contributed by atoms with Crippen LogP contribution in [0.2, 0.25) is 0 Å². The fraction of sp³-hybridized carbons (Fsp3) is 0.364. The van der Waals surface area contributed by atoms with Crippen molar-refractivity contribution in [2.75, 3.05) is 13.7 Å². The molecule has 0 bridgehead atoms. The van der Waals surface area contributed by atoms with Crippen LogP contribution in [0.5, 0.6) is 5.75 Å². The highest BCUT2D eigenvalue weighted by molar-refractivity contribution is 9.10. The lowest BCUT2D eigenvalue weighted by atomic mass is 10.2. The second kappa shape index (κ2) is 5.86. The van der Waals surface area contributed by atoms with Crippen molar-refractivity contribution in [1.82, 2.24) is 0 Å². The monoisotopic (exact) mass is 288 g/mol. The molecule has 5 heteroatoms. The van der Waals surface area contributed by atoms with E-state index in [-0.39, 0.29) is 11.7 Å². The van der Waals surface area contributed by atoms with Gasteiger partial charge in [-0.3, -0.25) is 0 Å². The average Bonchev–Trinajstić information content (AvgIpc) is 2.17. The third kappa shape index (κ3) is 3.50. The minimum Gasteiger partial charge on any atom is -0.487 e. The molecule has 0 radical (unpaired) electrons. The number of methoxy groups -OCH3 is 1. The molecule has 0 aliphatic heterocycles. The van der Waals surface area contributed by atoms with Crippen molar-refractivity contribution in [1.29, 1.82) is 0 Å². The van der Waals surface area contributed by atoms with Gasteiger partial charge in [0.05, 0.1) is 6.61 Å². The number of carboxylic acid groups (broad SMARTS) is 1. The van der Waals surface area contributed by atoms with E-state index in [0.29, 0.717) is 12.4 Å². The molecule has 0 amide bonds. The number of hydrogen-bond acceptors (Lipinski definition) is 3. The highest BCUT2D eigenvalue weighted by Crippen LogP contribution is 2.24. The first-order valence-corrected chi connectivity index (χ1v) is 5.52. The van der Waals surface area contributed by atoms with Crippen molar-refractivity contribution in [3.63, 3.8) is 0 Å². The fourth-order valence-electron chi connectivity index (χ4n) is 1.26. The van der Waals surface area contributed by atoms with Crippen LogP contribution in [0.15, 0.2) is 22.7 Å². The van der Waals surface area contributed by atoms with E-state index in [2.05, 4.69) is 15.9 Å². The van der Waals surface area contributed by atoms with Crippen molar-refractivity contribution in [3.8, 4) is 5.75 Å². The normalized spacial score (nSPS) is 12.2. The van der Waals surface area contributed by atoms with Gasteiger partial charge in [0, 0.05) is 11.6 Å². The molecule has 1 atom stereocenters. The van der Waals surface area contributed by atoms with Crippen molar-refractivity contribution in [2.45, 2.75) is 13.0 Å². The quantitative estimate of drug-likeness (QED) is 0.905. The molecule has 88 valence electrons. The molecule has 4 nitrogen and oxygen atoms in total. The number of carbonyl (C=O) groups is 1. The Labute approximate surface area is 102 Å². The second-order valence-electron chi connectivity index (χ2n) is 3.33. The Kier molecular flexibility index (Phi) is 4.76. The van der Waals surface area contributed by atoms with Gasteiger partial charge in [-0.2, -0.15) is 0 Å². The van der Waals surface area contributed by atoms with E-state index in [1.54, 1.807) is 19.2 Å². The number of rotatable bonds is 5. The van der Waals surface area contributed by atoms with Crippen molar-refractivity contribution >= 4 is 21.9 Å². The predicted octanol–water partition coefficient (Wildman–Crippen LogP) is 2.56. The van der Waals surface area contributed by atoms with Crippen LogP contribution in [0.25, 0.3) is 0 Å². The number of aromatic carboxylic acids is 1. The minimum atomic E-state index is -1.01. The summed E-state index contributed by atoms with van der Waals surface area (Å²) in [5.41, 5.74) is 0.145. The second-order valence-corrected chi connectivity index (χ2v) is 4.25. The summed E-state index contributed by atoms with van der Waals surface area (Å²) in [7, 11) is 1.57. The molecular formula is C11H13BrO4. The van der Waals surface area contributed by atoms with Crippen molar-refractivity contribution in [3.05, 3.63) is 28.2 Å². The number of hydrogen-bond donors (Lipinski definition) is 1. The summed E-state index contributed by atoms with van der Waals surface area (Å²) in [4.78, 5) is 10.9. The zero-order valence-corrected chi connectivity index (χ0v) is 10.7. The Bertz CT molecular complexity index is 378. The molecule has 1 N–H and O–H groups in total. The first kappa shape index (κ1) is 13.0. The third-order valence-corrected chi connectivity index (χ3v) is 2.40. The molecule has 1 rings (SSSR count). The molecule has 0 saturated carbocycles. The maximum absolute atomic E-state index is 10.9. The summed E-state index contributed by atoms with van der Waals surface area (Å²) in [6.07, 6.45) is -0.197. The van der Waals surface area contributed by atoms with Gasteiger partial charge in [-0.25, -0.2) is 4.79 Å². The SMILES string of the molecule is COCC(C)Oc1cc(Br)ccc1C(=O)O. The number of halogens is 1. The van der Waals surface area contributed by atoms with E-state index >= 15 is 0 Å². The molecule has 1 aromatic carbocycles. The van der Waals surface area contributed by atoms with Crippen LogP contribution in [-0.4, -0.2) is 30.9 Å². The molecule has 0 fully saturated rings. The topological polar surface area (TPSA) is 55.8 Å². The summed E-state index contributed by atoms with van der Waals surface area (Å²) in [6.45, 7) is 2.22. The molecule has 1 aromatic rings. The van der Waals surface area contributed by atoms with Gasteiger partial charge in [0.2, 0.25) is 0 Å². The first-order valence-electron chi connectivity index (χ1n) is 4.73. The lowest BCUT2D eigenvalue weighted by Gasteiger charge is -2.15. The zero-order valence-electron chi connectivity index (χ0n) is 9.07. The van der Waals surface area contributed by atoms with Gasteiger partial charge in [-0.15, -0.1) is 0 Å². The van der Waals surface area contributed by atoms with Crippen LogP contribution < -0.4 is 4.74 Å². The van der Waals surface area contributed by atoms with E-state index < -0.39 is 5.97 Å². The minimum absolute atomic E-state index is 0.145. The molecule has 0 saturated heterocycles. The Morgan fingerprint density at radius 1 is 1.56 bits per heavy atom. The van der Waals surface area contributed by atoms with Crippen LogP contribution in [0, 0.1) is 0 Å². The summed E-state index contributed by atoms with van der Waals surface area (Å²) in [5, 5.41) is 8.97. The summed E-state index contributed by atoms with van der Waals surface area (Å²) >= 11 is 3.27. The number of benzene rings is 1. The lowest BCUT2D eigenvalue weighted by Crippen LogP contribution is -2.19. The highest BCUT2D eigenvalue weighted by atomic mass is 79.9. The molecule has 0 spiro atoms. The van der Waals surface area contributed by atoms with Crippen LogP contribution in [0.1, 0.15) is 17.3 Å². The van der Waals surface area contributed by atoms with E-state index in [9.17, 15) is 4.79 Å². The molecule has 1 unspecified atom stereocenters. The summed E-state index contributed by atoms with van der Waals surface area (Å²) < 4.78 is 11.2. The van der Waals surface area contributed by atoms with E-state index in [0.717, 1.165) is 4.47 Å². The van der Waals surface area contributed by atoms with Crippen LogP contribution in [0.3, 0.4) is 0 Å². The molecule has 0 aliphatic carbocycles. The predicted molar refractivity (Wildman–Crippen MR) is 63.1 cm³/mol. The standard InChI is InChI=1S/C11H13BrO4/c1-7(6-15-2)16-10-5-8(12)3-4-9(10)11(13)14/h3-5,7H,6H2,1-2H3,(H,13,14). The molecular weight excluding hydrogens is 276 g/mol. The van der Waals surface area contributed by atoms with Crippen molar-refractivity contribution in [2.24, 2.45) is 0 Å². The van der Waals surface area contributed by atoms with Crippen LogP contribution in [-0.2, 0) is 4.74 Å². The average molecular weight is 289 g/mol. The Hall–Kier alpha value is -1.07. The van der Waals surface area contributed by atoms with Gasteiger partial charge in [0.15, 0.2) is 0 Å². The van der Waals surface area contributed by atoms with E-state index in [1.807, 2.05) is 6.92 Å². The summed E-state index contributed by atoms with van der Waals surface area (Å²) in [6, 6.07) is 4.80. The number of ether oxygens (including phenoxy) is 2. The lowest BCUT2D eigenvalue weighted by molar-refractivity contribution is 0.0673. The molecule has 0 aliphatic rings. The maximum Gasteiger partial charge on any atom is 0.339 e. The summed E-state index contributed by atoms with van der Waals surface area (Å²) in [5.74, 6) is -0.668. The van der Waals surface area contributed by atoms with Gasteiger partial charge >= 0.3 is 5.97 Å². The maximum atomic E-state index is 10.9. The Balaban J connectivity index is 2.92. The third-order valence-electron chi connectivity index (χ3n) is 1.90. The van der Waals surface area contributed by atoms with E-state index in [1.165, 1.54) is 6.07 Å². The van der Waals surface area contributed by atoms with Gasteiger partial charge in [0.25, 0.3) is 0 Å².